The Morgan fingerprint density at radius 1 is 1.36 bits per heavy atom. The average molecular weight is 304 g/mol. The fraction of sp³-hybridized carbons (Fsp3) is 0.688. The van der Waals surface area contributed by atoms with Crippen molar-refractivity contribution in [2.45, 2.75) is 32.3 Å². The van der Waals surface area contributed by atoms with Gasteiger partial charge in [0.05, 0.1) is 12.0 Å². The maximum Gasteiger partial charge on any atom is 0.228 e. The molecule has 2 atom stereocenters. The van der Waals surface area contributed by atoms with Crippen molar-refractivity contribution in [3.63, 3.8) is 0 Å². The first-order valence-corrected chi connectivity index (χ1v) is 8.22. The molecule has 0 aromatic carbocycles. The Hall–Kier alpha value is -1.69. The van der Waals surface area contributed by atoms with E-state index in [-0.39, 0.29) is 17.9 Å². The number of hydrogen-bond acceptors (Lipinski definition) is 5. The molecule has 2 aliphatic heterocycles. The summed E-state index contributed by atoms with van der Waals surface area (Å²) in [6.07, 6.45) is 4.64. The van der Waals surface area contributed by atoms with Gasteiger partial charge in [0.25, 0.3) is 0 Å². The molecule has 0 unspecified atom stereocenters. The predicted molar refractivity (Wildman–Crippen MR) is 83.6 cm³/mol. The molecular weight excluding hydrogens is 280 g/mol. The molecule has 1 aromatic rings. The van der Waals surface area contributed by atoms with E-state index in [0.717, 1.165) is 57.9 Å². The molecule has 120 valence electrons. The number of hydrogen-bond donors (Lipinski definition) is 0. The van der Waals surface area contributed by atoms with Gasteiger partial charge in [-0.15, -0.1) is 5.10 Å². The van der Waals surface area contributed by atoms with Crippen molar-refractivity contribution < 1.29 is 9.53 Å². The van der Waals surface area contributed by atoms with Gasteiger partial charge in [0.15, 0.2) is 5.82 Å². The van der Waals surface area contributed by atoms with Crippen LogP contribution in [0.5, 0.6) is 0 Å². The minimum atomic E-state index is 0.0433. The molecule has 0 radical (unpaired) electrons. The SMILES string of the molecule is CC[C@@H]1OCCC[C@H]1C(=O)N1CCN(c2cccnn2)CC1. The molecule has 3 heterocycles. The van der Waals surface area contributed by atoms with Crippen LogP contribution in [-0.2, 0) is 9.53 Å². The zero-order chi connectivity index (χ0) is 15.4. The third-order valence-corrected chi connectivity index (χ3v) is 4.63. The Labute approximate surface area is 131 Å². The molecule has 6 nitrogen and oxygen atoms in total. The van der Waals surface area contributed by atoms with Crippen LogP contribution in [0.1, 0.15) is 26.2 Å². The quantitative estimate of drug-likeness (QED) is 0.843. The number of ether oxygens (including phenoxy) is 1. The molecule has 1 amide bonds. The first-order chi connectivity index (χ1) is 10.8. The first-order valence-electron chi connectivity index (χ1n) is 8.22. The summed E-state index contributed by atoms with van der Waals surface area (Å²) in [6.45, 7) is 6.03. The molecule has 0 N–H and O–H groups in total. The van der Waals surface area contributed by atoms with Crippen LogP contribution in [-0.4, -0.2) is 59.9 Å². The van der Waals surface area contributed by atoms with E-state index in [9.17, 15) is 4.79 Å². The minimum Gasteiger partial charge on any atom is -0.377 e. The van der Waals surface area contributed by atoms with Crippen LogP contribution in [0.15, 0.2) is 18.3 Å². The summed E-state index contributed by atoms with van der Waals surface area (Å²) in [6, 6.07) is 3.86. The summed E-state index contributed by atoms with van der Waals surface area (Å²) in [7, 11) is 0. The second-order valence-corrected chi connectivity index (χ2v) is 5.96. The van der Waals surface area contributed by atoms with E-state index >= 15 is 0 Å². The van der Waals surface area contributed by atoms with Gasteiger partial charge in [-0.25, -0.2) is 0 Å². The number of aromatic nitrogens is 2. The molecule has 0 saturated carbocycles. The zero-order valence-corrected chi connectivity index (χ0v) is 13.1. The summed E-state index contributed by atoms with van der Waals surface area (Å²) >= 11 is 0. The highest BCUT2D eigenvalue weighted by Gasteiger charge is 2.34. The molecular formula is C16H24N4O2. The lowest BCUT2D eigenvalue weighted by Crippen LogP contribution is -2.52. The van der Waals surface area contributed by atoms with Gasteiger partial charge in [0.2, 0.25) is 5.91 Å². The van der Waals surface area contributed by atoms with Crippen LogP contribution < -0.4 is 4.90 Å². The first kappa shape index (κ1) is 15.2. The van der Waals surface area contributed by atoms with Gasteiger partial charge in [-0.05, 0) is 31.4 Å². The standard InChI is InChI=1S/C16H24N4O2/c1-2-14-13(5-4-12-22-14)16(21)20-10-8-19(9-11-20)15-6-3-7-17-18-15/h3,6-7,13-14H,2,4-5,8-12H2,1H3/t13-,14+/m1/s1. The minimum absolute atomic E-state index is 0.0433. The smallest absolute Gasteiger partial charge is 0.228 e. The summed E-state index contributed by atoms with van der Waals surface area (Å²) < 4.78 is 5.77. The molecule has 0 aliphatic carbocycles. The monoisotopic (exact) mass is 304 g/mol. The predicted octanol–water partition coefficient (Wildman–Crippen LogP) is 1.33. The van der Waals surface area contributed by atoms with E-state index in [4.69, 9.17) is 4.74 Å². The van der Waals surface area contributed by atoms with Gasteiger partial charge < -0.3 is 14.5 Å². The van der Waals surface area contributed by atoms with Gasteiger partial charge in [-0.1, -0.05) is 6.92 Å². The van der Waals surface area contributed by atoms with E-state index in [1.807, 2.05) is 17.0 Å². The van der Waals surface area contributed by atoms with Crippen molar-refractivity contribution in [2.75, 3.05) is 37.7 Å². The third-order valence-electron chi connectivity index (χ3n) is 4.63. The molecule has 2 saturated heterocycles. The van der Waals surface area contributed by atoms with E-state index < -0.39 is 0 Å². The summed E-state index contributed by atoms with van der Waals surface area (Å²) in [5, 5.41) is 8.06. The van der Waals surface area contributed by atoms with Gasteiger partial charge in [0, 0.05) is 39.0 Å². The van der Waals surface area contributed by atoms with Crippen LogP contribution >= 0.6 is 0 Å². The number of carbonyl (C=O) groups is 1. The van der Waals surface area contributed by atoms with Crippen LogP contribution in [0.2, 0.25) is 0 Å². The van der Waals surface area contributed by atoms with Gasteiger partial charge >= 0.3 is 0 Å². The highest BCUT2D eigenvalue weighted by Crippen LogP contribution is 2.26. The zero-order valence-electron chi connectivity index (χ0n) is 13.1. The molecule has 3 rings (SSSR count). The molecule has 6 heteroatoms. The number of amides is 1. The molecule has 0 spiro atoms. The fourth-order valence-corrected chi connectivity index (χ4v) is 3.38. The van der Waals surface area contributed by atoms with Crippen molar-refractivity contribution >= 4 is 11.7 Å². The normalized spacial score (nSPS) is 26.0. The largest absolute Gasteiger partial charge is 0.377 e. The lowest BCUT2D eigenvalue weighted by Gasteiger charge is -2.39. The number of nitrogens with zero attached hydrogens (tertiary/aromatic N) is 4. The van der Waals surface area contributed by atoms with Gasteiger partial charge in [-0.3, -0.25) is 4.79 Å². The van der Waals surface area contributed by atoms with E-state index in [0.29, 0.717) is 0 Å². The Morgan fingerprint density at radius 2 is 2.18 bits per heavy atom. The van der Waals surface area contributed by atoms with E-state index in [1.165, 1.54) is 0 Å². The number of anilines is 1. The highest BCUT2D eigenvalue weighted by molar-refractivity contribution is 5.79. The van der Waals surface area contributed by atoms with Crippen molar-refractivity contribution in [3.8, 4) is 0 Å². The maximum atomic E-state index is 12.8. The van der Waals surface area contributed by atoms with Crippen LogP contribution in [0.4, 0.5) is 5.82 Å². The molecule has 2 aliphatic rings. The fourth-order valence-electron chi connectivity index (χ4n) is 3.38. The number of rotatable bonds is 3. The highest BCUT2D eigenvalue weighted by atomic mass is 16.5. The van der Waals surface area contributed by atoms with Crippen molar-refractivity contribution in [2.24, 2.45) is 5.92 Å². The molecule has 1 aromatic heterocycles. The van der Waals surface area contributed by atoms with Crippen LogP contribution in [0.25, 0.3) is 0 Å². The van der Waals surface area contributed by atoms with Crippen molar-refractivity contribution in [1.29, 1.82) is 0 Å². The van der Waals surface area contributed by atoms with Gasteiger partial charge in [0.1, 0.15) is 0 Å². The van der Waals surface area contributed by atoms with Crippen LogP contribution in [0.3, 0.4) is 0 Å². The van der Waals surface area contributed by atoms with E-state index in [2.05, 4.69) is 22.0 Å². The molecule has 2 fully saturated rings. The Kier molecular flexibility index (Phi) is 4.87. The average Bonchev–Trinajstić information content (AvgIpc) is 2.62. The summed E-state index contributed by atoms with van der Waals surface area (Å²) in [5.74, 6) is 1.20. The maximum absolute atomic E-state index is 12.8. The summed E-state index contributed by atoms with van der Waals surface area (Å²) in [5.41, 5.74) is 0. The lowest BCUT2D eigenvalue weighted by molar-refractivity contribution is -0.145. The lowest BCUT2D eigenvalue weighted by atomic mass is 9.91. The Morgan fingerprint density at radius 3 is 2.86 bits per heavy atom. The summed E-state index contributed by atoms with van der Waals surface area (Å²) in [4.78, 5) is 16.9. The molecule has 22 heavy (non-hydrogen) atoms. The third kappa shape index (κ3) is 3.21. The Bertz CT molecular complexity index is 488. The van der Waals surface area contributed by atoms with Crippen LogP contribution in [0, 0.1) is 5.92 Å². The van der Waals surface area contributed by atoms with Gasteiger partial charge in [-0.2, -0.15) is 5.10 Å². The van der Waals surface area contributed by atoms with E-state index in [1.54, 1.807) is 6.20 Å². The Balaban J connectivity index is 1.57. The van der Waals surface area contributed by atoms with Crippen molar-refractivity contribution in [3.05, 3.63) is 18.3 Å². The second-order valence-electron chi connectivity index (χ2n) is 5.96. The topological polar surface area (TPSA) is 58.6 Å². The molecule has 0 bridgehead atoms. The second kappa shape index (κ2) is 7.05. The number of carbonyl (C=O) groups excluding carboxylic acids is 1. The van der Waals surface area contributed by atoms with Crippen molar-refractivity contribution in [1.82, 2.24) is 15.1 Å². The number of piperazine rings is 1.